The largest absolute Gasteiger partial charge is 0.508 e. The van der Waals surface area contributed by atoms with Crippen molar-refractivity contribution in [3.63, 3.8) is 0 Å². The van der Waals surface area contributed by atoms with Crippen LogP contribution in [0.4, 0.5) is 0 Å². The second-order valence-electron chi connectivity index (χ2n) is 3.59. The summed E-state index contributed by atoms with van der Waals surface area (Å²) in [6, 6.07) is 6.18. The Bertz CT molecular complexity index is 463. The molecule has 0 amide bonds. The lowest BCUT2D eigenvalue weighted by Crippen LogP contribution is -2.28. The minimum atomic E-state index is -1.49. The van der Waals surface area contributed by atoms with E-state index in [9.17, 15) is 14.7 Å². The average Bonchev–Trinajstić information content (AvgIpc) is 2.43. The normalized spacial score (nSPS) is 12.1. The predicted molar refractivity (Wildman–Crippen MR) is 66.1 cm³/mol. The molecule has 0 aliphatic carbocycles. The van der Waals surface area contributed by atoms with Gasteiger partial charge in [0, 0.05) is 6.08 Å². The maximum atomic E-state index is 11.3. The number of phenolic OH excluding ortho intramolecular Hbond substituents is 1. The Morgan fingerprint density at radius 2 is 1.95 bits per heavy atom. The van der Waals surface area contributed by atoms with Crippen LogP contribution in [-0.2, 0) is 19.1 Å². The maximum Gasteiger partial charge on any atom is 0.338 e. The number of aliphatic hydroxyl groups is 1. The number of methoxy groups -OCH3 is 1. The number of rotatable bonds is 5. The minimum Gasteiger partial charge on any atom is -0.508 e. The van der Waals surface area contributed by atoms with Gasteiger partial charge in [0.05, 0.1) is 7.11 Å². The fraction of sp³-hybridized carbons (Fsp3) is 0.231. The average molecular weight is 266 g/mol. The van der Waals surface area contributed by atoms with Crippen LogP contribution in [0.3, 0.4) is 0 Å². The second-order valence-corrected chi connectivity index (χ2v) is 3.59. The van der Waals surface area contributed by atoms with E-state index < -0.39 is 24.6 Å². The molecule has 0 aliphatic rings. The van der Waals surface area contributed by atoms with Gasteiger partial charge >= 0.3 is 11.9 Å². The zero-order valence-corrected chi connectivity index (χ0v) is 10.3. The summed E-state index contributed by atoms with van der Waals surface area (Å²) in [6.07, 6.45) is 1.14. The van der Waals surface area contributed by atoms with Crippen molar-refractivity contribution in [1.82, 2.24) is 0 Å². The fourth-order valence-electron chi connectivity index (χ4n) is 1.16. The molecule has 0 unspecified atom stereocenters. The van der Waals surface area contributed by atoms with Crippen LogP contribution >= 0.6 is 0 Å². The molecule has 19 heavy (non-hydrogen) atoms. The molecule has 1 aromatic rings. The first kappa shape index (κ1) is 14.7. The Morgan fingerprint density at radius 3 is 2.53 bits per heavy atom. The van der Waals surface area contributed by atoms with Gasteiger partial charge in [0.25, 0.3) is 0 Å². The van der Waals surface area contributed by atoms with Gasteiger partial charge in [-0.25, -0.2) is 9.59 Å². The van der Waals surface area contributed by atoms with Crippen LogP contribution in [0.2, 0.25) is 0 Å². The molecular formula is C13H14O6. The van der Waals surface area contributed by atoms with Crippen molar-refractivity contribution >= 4 is 18.0 Å². The Hall–Kier alpha value is -2.34. The first-order valence-corrected chi connectivity index (χ1v) is 5.42. The summed E-state index contributed by atoms with van der Waals surface area (Å²) in [5.74, 6) is -1.44. The van der Waals surface area contributed by atoms with E-state index in [2.05, 4.69) is 9.47 Å². The van der Waals surface area contributed by atoms with Crippen molar-refractivity contribution in [1.29, 1.82) is 0 Å². The quantitative estimate of drug-likeness (QED) is 0.595. The summed E-state index contributed by atoms with van der Waals surface area (Å²) < 4.78 is 8.91. The first-order chi connectivity index (χ1) is 9.02. The molecule has 0 fully saturated rings. The fourth-order valence-corrected chi connectivity index (χ4v) is 1.16. The molecule has 0 radical (unpaired) electrons. The molecule has 0 bridgehead atoms. The molecule has 2 N–H and O–H groups in total. The molecule has 0 aliphatic heterocycles. The van der Waals surface area contributed by atoms with Crippen molar-refractivity contribution in [3.8, 4) is 5.75 Å². The predicted octanol–water partition coefficient (Wildman–Crippen LogP) is 0.482. The number of phenols is 1. The van der Waals surface area contributed by atoms with E-state index >= 15 is 0 Å². The highest BCUT2D eigenvalue weighted by atomic mass is 16.6. The van der Waals surface area contributed by atoms with Crippen LogP contribution in [0.15, 0.2) is 30.3 Å². The van der Waals surface area contributed by atoms with E-state index in [1.165, 1.54) is 18.2 Å². The Balaban J connectivity index is 2.43. The highest BCUT2D eigenvalue weighted by Crippen LogP contribution is 2.10. The number of hydrogen-bond acceptors (Lipinski definition) is 6. The van der Waals surface area contributed by atoms with E-state index in [-0.39, 0.29) is 5.75 Å². The maximum absolute atomic E-state index is 11.3. The molecule has 1 atom stereocenters. The van der Waals surface area contributed by atoms with Crippen LogP contribution < -0.4 is 0 Å². The summed E-state index contributed by atoms with van der Waals surface area (Å²) in [5.41, 5.74) is 0.697. The number of carbonyl (C=O) groups excluding carboxylic acids is 2. The van der Waals surface area contributed by atoms with Crippen LogP contribution in [0.5, 0.6) is 5.75 Å². The van der Waals surface area contributed by atoms with Gasteiger partial charge < -0.3 is 19.7 Å². The third-order valence-corrected chi connectivity index (χ3v) is 2.16. The van der Waals surface area contributed by atoms with E-state index in [1.807, 2.05) is 0 Å². The zero-order valence-electron chi connectivity index (χ0n) is 10.3. The molecule has 0 aromatic heterocycles. The van der Waals surface area contributed by atoms with E-state index in [4.69, 9.17) is 5.11 Å². The first-order valence-electron chi connectivity index (χ1n) is 5.42. The lowest BCUT2D eigenvalue weighted by atomic mass is 10.2. The Labute approximate surface area is 109 Å². The highest BCUT2D eigenvalue weighted by molar-refractivity contribution is 5.87. The van der Waals surface area contributed by atoms with Crippen LogP contribution in [0.25, 0.3) is 6.08 Å². The molecule has 6 nitrogen and oxygen atoms in total. The summed E-state index contributed by atoms with van der Waals surface area (Å²) >= 11 is 0. The van der Waals surface area contributed by atoms with Gasteiger partial charge in [-0.15, -0.1) is 0 Å². The van der Waals surface area contributed by atoms with Gasteiger partial charge in [-0.05, 0) is 23.8 Å². The summed E-state index contributed by atoms with van der Waals surface area (Å²) in [7, 11) is 1.12. The van der Waals surface area contributed by atoms with Crippen LogP contribution in [0, 0.1) is 0 Å². The molecule has 1 aromatic carbocycles. The zero-order chi connectivity index (χ0) is 14.3. The minimum absolute atomic E-state index is 0.126. The second kappa shape index (κ2) is 7.17. The standard InChI is InChI=1S/C13H14O6/c1-18-13(17)11(15)8-19-12(16)7-4-9-2-5-10(14)6-3-9/h2-7,11,14-15H,8H2,1H3/t11-/m1/s1. The lowest BCUT2D eigenvalue weighted by molar-refractivity contribution is -0.156. The van der Waals surface area contributed by atoms with Crippen molar-refractivity contribution < 1.29 is 29.3 Å². The number of ether oxygens (including phenoxy) is 2. The number of benzene rings is 1. The van der Waals surface area contributed by atoms with Crippen LogP contribution in [0.1, 0.15) is 5.56 Å². The molecule has 1 rings (SSSR count). The van der Waals surface area contributed by atoms with Crippen molar-refractivity contribution in [2.24, 2.45) is 0 Å². The van der Waals surface area contributed by atoms with Crippen molar-refractivity contribution in [2.45, 2.75) is 6.10 Å². The highest BCUT2D eigenvalue weighted by Gasteiger charge is 2.16. The number of carbonyl (C=O) groups is 2. The summed E-state index contributed by atoms with van der Waals surface area (Å²) in [5, 5.41) is 18.2. The molecule has 102 valence electrons. The van der Waals surface area contributed by atoms with E-state index in [0.717, 1.165) is 13.2 Å². The Morgan fingerprint density at radius 1 is 1.32 bits per heavy atom. The van der Waals surface area contributed by atoms with E-state index in [1.54, 1.807) is 12.1 Å². The van der Waals surface area contributed by atoms with Crippen molar-refractivity contribution in [2.75, 3.05) is 13.7 Å². The van der Waals surface area contributed by atoms with Gasteiger partial charge in [-0.2, -0.15) is 0 Å². The Kier molecular flexibility index (Phi) is 5.56. The van der Waals surface area contributed by atoms with Gasteiger partial charge in [-0.1, -0.05) is 12.1 Å². The smallest absolute Gasteiger partial charge is 0.338 e. The van der Waals surface area contributed by atoms with Crippen molar-refractivity contribution in [3.05, 3.63) is 35.9 Å². The van der Waals surface area contributed by atoms with Gasteiger partial charge in [0.15, 0.2) is 6.10 Å². The molecule has 0 spiro atoms. The summed E-state index contributed by atoms with van der Waals surface area (Å²) in [6.45, 7) is -0.467. The molecule has 0 heterocycles. The lowest BCUT2D eigenvalue weighted by Gasteiger charge is -2.07. The number of hydrogen-bond donors (Lipinski definition) is 2. The topological polar surface area (TPSA) is 93.1 Å². The number of aliphatic hydroxyl groups excluding tert-OH is 1. The van der Waals surface area contributed by atoms with Gasteiger partial charge in [0.1, 0.15) is 12.4 Å². The molecular weight excluding hydrogens is 252 g/mol. The molecule has 0 saturated carbocycles. The van der Waals surface area contributed by atoms with E-state index in [0.29, 0.717) is 5.56 Å². The van der Waals surface area contributed by atoms with Gasteiger partial charge in [0.2, 0.25) is 0 Å². The molecule has 0 saturated heterocycles. The number of esters is 2. The number of aromatic hydroxyl groups is 1. The monoisotopic (exact) mass is 266 g/mol. The summed E-state index contributed by atoms with van der Waals surface area (Å²) in [4.78, 5) is 22.1. The van der Waals surface area contributed by atoms with Gasteiger partial charge in [-0.3, -0.25) is 0 Å². The third-order valence-electron chi connectivity index (χ3n) is 2.16. The SMILES string of the molecule is COC(=O)[C@H](O)COC(=O)C=Cc1ccc(O)cc1. The third kappa shape index (κ3) is 5.22. The van der Waals surface area contributed by atoms with Crippen LogP contribution in [-0.4, -0.2) is 42.0 Å². The molecule has 6 heteroatoms.